The van der Waals surface area contributed by atoms with Gasteiger partial charge in [-0.2, -0.15) is 0 Å². The van der Waals surface area contributed by atoms with Crippen LogP contribution >= 0.6 is 0 Å². The van der Waals surface area contributed by atoms with Crippen LogP contribution in [0, 0.1) is 6.92 Å². The Labute approximate surface area is 105 Å². The summed E-state index contributed by atoms with van der Waals surface area (Å²) in [6.45, 7) is 1.93. The molecule has 3 nitrogen and oxygen atoms in total. The van der Waals surface area contributed by atoms with Gasteiger partial charge in [0.25, 0.3) is 0 Å². The molecule has 0 saturated carbocycles. The third-order valence-corrected chi connectivity index (χ3v) is 3.29. The van der Waals surface area contributed by atoms with E-state index in [2.05, 4.69) is 11.1 Å². The number of nitrogens with zero attached hydrogens (tertiary/aromatic N) is 1. The number of furan rings is 1. The number of hydrogen-bond acceptors (Lipinski definition) is 3. The first kappa shape index (κ1) is 11.0. The van der Waals surface area contributed by atoms with Gasteiger partial charge in [-0.1, -0.05) is 18.2 Å². The molecule has 0 bridgehead atoms. The Morgan fingerprint density at radius 3 is 2.83 bits per heavy atom. The molecule has 1 unspecified atom stereocenters. The predicted molar refractivity (Wildman–Crippen MR) is 71.2 cm³/mol. The second-order valence-corrected chi connectivity index (χ2v) is 4.35. The third kappa shape index (κ3) is 1.69. The third-order valence-electron chi connectivity index (χ3n) is 3.29. The zero-order chi connectivity index (χ0) is 12.5. The van der Waals surface area contributed by atoms with Gasteiger partial charge in [0.1, 0.15) is 5.76 Å². The smallest absolute Gasteiger partial charge is 0.105 e. The maximum absolute atomic E-state index is 6.34. The Morgan fingerprint density at radius 1 is 1.17 bits per heavy atom. The molecule has 90 valence electrons. The van der Waals surface area contributed by atoms with E-state index in [1.165, 1.54) is 0 Å². The van der Waals surface area contributed by atoms with Crippen LogP contribution in [0.25, 0.3) is 10.8 Å². The molecule has 0 amide bonds. The van der Waals surface area contributed by atoms with E-state index in [-0.39, 0.29) is 6.04 Å². The molecule has 2 aromatic heterocycles. The van der Waals surface area contributed by atoms with Gasteiger partial charge in [0.05, 0.1) is 12.3 Å². The monoisotopic (exact) mass is 238 g/mol. The summed E-state index contributed by atoms with van der Waals surface area (Å²) in [6, 6.07) is 9.86. The Balaban J connectivity index is 2.18. The molecule has 0 spiro atoms. The van der Waals surface area contributed by atoms with Crippen molar-refractivity contribution in [1.29, 1.82) is 0 Å². The number of hydrogen-bond donors (Lipinski definition) is 1. The summed E-state index contributed by atoms with van der Waals surface area (Å²) in [5, 5.41) is 2.24. The van der Waals surface area contributed by atoms with Gasteiger partial charge in [0, 0.05) is 23.3 Å². The Hall–Kier alpha value is -2.13. The van der Waals surface area contributed by atoms with Crippen molar-refractivity contribution in [2.75, 3.05) is 0 Å². The lowest BCUT2D eigenvalue weighted by molar-refractivity contribution is 0.527. The maximum atomic E-state index is 6.34. The van der Waals surface area contributed by atoms with Crippen LogP contribution in [-0.2, 0) is 0 Å². The summed E-state index contributed by atoms with van der Waals surface area (Å²) >= 11 is 0. The molecule has 0 fully saturated rings. The van der Waals surface area contributed by atoms with Crippen molar-refractivity contribution in [3.63, 3.8) is 0 Å². The molecule has 1 atom stereocenters. The van der Waals surface area contributed by atoms with E-state index in [1.54, 1.807) is 12.5 Å². The Bertz CT molecular complexity index is 682. The van der Waals surface area contributed by atoms with Crippen molar-refractivity contribution in [2.45, 2.75) is 13.0 Å². The molecular formula is C15H14N2O. The summed E-state index contributed by atoms with van der Waals surface area (Å²) in [7, 11) is 0. The van der Waals surface area contributed by atoms with Crippen molar-refractivity contribution < 1.29 is 4.42 Å². The van der Waals surface area contributed by atoms with Crippen LogP contribution in [0.2, 0.25) is 0 Å². The Morgan fingerprint density at radius 2 is 2.06 bits per heavy atom. The standard InChI is InChI=1S/C15H14N2O/c1-10-12(6-8-18-10)15(16)13-4-2-3-11-5-7-17-9-14(11)13/h2-9,15H,16H2,1H3. The number of fused-ring (bicyclic) bond motifs is 1. The molecule has 3 aromatic rings. The van der Waals surface area contributed by atoms with Crippen LogP contribution in [0.5, 0.6) is 0 Å². The van der Waals surface area contributed by atoms with Crippen molar-refractivity contribution in [2.24, 2.45) is 5.73 Å². The molecule has 0 radical (unpaired) electrons. The summed E-state index contributed by atoms with van der Waals surface area (Å²) in [5.41, 5.74) is 8.43. The molecule has 2 heterocycles. The van der Waals surface area contributed by atoms with Crippen molar-refractivity contribution in [1.82, 2.24) is 4.98 Å². The molecule has 2 N–H and O–H groups in total. The number of aryl methyl sites for hydroxylation is 1. The first-order chi connectivity index (χ1) is 8.77. The minimum Gasteiger partial charge on any atom is -0.469 e. The molecule has 0 aliphatic carbocycles. The lowest BCUT2D eigenvalue weighted by Crippen LogP contribution is -2.12. The van der Waals surface area contributed by atoms with Crippen LogP contribution in [0.1, 0.15) is 22.9 Å². The van der Waals surface area contributed by atoms with E-state index in [0.717, 1.165) is 27.7 Å². The highest BCUT2D eigenvalue weighted by molar-refractivity contribution is 5.85. The van der Waals surface area contributed by atoms with Crippen LogP contribution in [0.3, 0.4) is 0 Å². The fraction of sp³-hybridized carbons (Fsp3) is 0.133. The molecule has 3 rings (SSSR count). The largest absolute Gasteiger partial charge is 0.469 e. The zero-order valence-corrected chi connectivity index (χ0v) is 10.1. The molecule has 3 heteroatoms. The Kier molecular flexibility index (Phi) is 2.61. The number of pyridine rings is 1. The van der Waals surface area contributed by atoms with Crippen LogP contribution in [-0.4, -0.2) is 4.98 Å². The van der Waals surface area contributed by atoms with Crippen molar-refractivity contribution >= 4 is 10.8 Å². The van der Waals surface area contributed by atoms with Crippen molar-refractivity contribution in [3.8, 4) is 0 Å². The fourth-order valence-electron chi connectivity index (χ4n) is 2.29. The number of aromatic nitrogens is 1. The van der Waals surface area contributed by atoms with Gasteiger partial charge >= 0.3 is 0 Å². The van der Waals surface area contributed by atoms with Crippen LogP contribution in [0.15, 0.2) is 53.4 Å². The molecule has 1 aromatic carbocycles. The van der Waals surface area contributed by atoms with E-state index in [9.17, 15) is 0 Å². The number of benzene rings is 1. The van der Waals surface area contributed by atoms with Crippen LogP contribution in [0.4, 0.5) is 0 Å². The lowest BCUT2D eigenvalue weighted by Gasteiger charge is -2.13. The van der Waals surface area contributed by atoms with Gasteiger partial charge in [0.2, 0.25) is 0 Å². The van der Waals surface area contributed by atoms with E-state index in [4.69, 9.17) is 10.2 Å². The SMILES string of the molecule is Cc1occc1C(N)c1cccc2ccncc12. The topological polar surface area (TPSA) is 52.0 Å². The van der Waals surface area contributed by atoms with E-state index >= 15 is 0 Å². The van der Waals surface area contributed by atoms with E-state index in [0.29, 0.717) is 0 Å². The van der Waals surface area contributed by atoms with Gasteiger partial charge in [-0.05, 0) is 30.0 Å². The second-order valence-electron chi connectivity index (χ2n) is 4.35. The van der Waals surface area contributed by atoms with Gasteiger partial charge in [-0.15, -0.1) is 0 Å². The highest BCUT2D eigenvalue weighted by atomic mass is 16.3. The summed E-state index contributed by atoms with van der Waals surface area (Å²) in [4.78, 5) is 4.18. The van der Waals surface area contributed by atoms with Gasteiger partial charge < -0.3 is 10.2 Å². The highest BCUT2D eigenvalue weighted by Gasteiger charge is 2.15. The summed E-state index contributed by atoms with van der Waals surface area (Å²) in [5.74, 6) is 0.864. The highest BCUT2D eigenvalue weighted by Crippen LogP contribution is 2.28. The maximum Gasteiger partial charge on any atom is 0.105 e. The molecule has 0 saturated heterocycles. The predicted octanol–water partition coefficient (Wildman–Crippen LogP) is 3.18. The number of rotatable bonds is 2. The molecule has 0 aliphatic heterocycles. The summed E-state index contributed by atoms with van der Waals surface area (Å²) in [6.07, 6.45) is 5.33. The number of nitrogens with two attached hydrogens (primary N) is 1. The molecular weight excluding hydrogens is 224 g/mol. The average Bonchev–Trinajstić information content (AvgIpc) is 2.83. The van der Waals surface area contributed by atoms with Gasteiger partial charge in [-0.3, -0.25) is 4.98 Å². The second kappa shape index (κ2) is 4.27. The first-order valence-electron chi connectivity index (χ1n) is 5.89. The van der Waals surface area contributed by atoms with Crippen LogP contribution < -0.4 is 5.73 Å². The fourth-order valence-corrected chi connectivity index (χ4v) is 2.29. The minimum atomic E-state index is -0.184. The average molecular weight is 238 g/mol. The van der Waals surface area contributed by atoms with Crippen molar-refractivity contribution in [3.05, 3.63) is 65.9 Å². The van der Waals surface area contributed by atoms with E-state index in [1.807, 2.05) is 37.4 Å². The van der Waals surface area contributed by atoms with E-state index < -0.39 is 0 Å². The van der Waals surface area contributed by atoms with Gasteiger partial charge in [-0.25, -0.2) is 0 Å². The normalized spacial score (nSPS) is 12.8. The lowest BCUT2D eigenvalue weighted by atomic mass is 9.96. The van der Waals surface area contributed by atoms with Gasteiger partial charge in [0.15, 0.2) is 0 Å². The first-order valence-corrected chi connectivity index (χ1v) is 5.89. The molecule has 0 aliphatic rings. The quantitative estimate of drug-likeness (QED) is 0.746. The zero-order valence-electron chi connectivity index (χ0n) is 10.1. The summed E-state index contributed by atoms with van der Waals surface area (Å²) < 4.78 is 5.32. The molecule has 18 heavy (non-hydrogen) atoms. The minimum absolute atomic E-state index is 0.184.